The minimum atomic E-state index is -2.23. The van der Waals surface area contributed by atoms with E-state index < -0.39 is 17.9 Å². The van der Waals surface area contributed by atoms with Crippen LogP contribution in [0.4, 0.5) is 4.39 Å². The summed E-state index contributed by atoms with van der Waals surface area (Å²) in [5, 5.41) is 0. The van der Waals surface area contributed by atoms with Gasteiger partial charge in [-0.25, -0.2) is 9.18 Å². The summed E-state index contributed by atoms with van der Waals surface area (Å²) >= 11 is 0. The van der Waals surface area contributed by atoms with Crippen LogP contribution in [0.1, 0.15) is 29.8 Å². The van der Waals surface area contributed by atoms with Crippen LogP contribution in [0.3, 0.4) is 0 Å². The van der Waals surface area contributed by atoms with E-state index >= 15 is 0 Å². The lowest BCUT2D eigenvalue weighted by Gasteiger charge is -2.09. The van der Waals surface area contributed by atoms with Crippen LogP contribution >= 0.6 is 0 Å². The van der Waals surface area contributed by atoms with Gasteiger partial charge in [-0.1, -0.05) is 31.2 Å². The first-order valence-electron chi connectivity index (χ1n) is 5.54. The van der Waals surface area contributed by atoms with Crippen LogP contribution < -0.4 is 0 Å². The fraction of sp³-hybridized carbons (Fsp3) is 0.385. The Hall–Kier alpha value is -1.71. The number of ether oxygens (including phenoxy) is 1. The summed E-state index contributed by atoms with van der Waals surface area (Å²) in [7, 11) is 0. The van der Waals surface area contributed by atoms with Gasteiger partial charge in [0.1, 0.15) is 0 Å². The molecular weight excluding hydrogens is 223 g/mol. The van der Waals surface area contributed by atoms with Gasteiger partial charge in [-0.15, -0.1) is 0 Å². The minimum Gasteiger partial charge on any atom is -0.463 e. The number of carbonyl (C=O) groups excluding carboxylic acids is 2. The van der Waals surface area contributed by atoms with Gasteiger partial charge in [0, 0.05) is 5.56 Å². The van der Waals surface area contributed by atoms with Crippen LogP contribution in [0.25, 0.3) is 0 Å². The highest BCUT2D eigenvalue weighted by Crippen LogP contribution is 2.14. The predicted molar refractivity (Wildman–Crippen MR) is 61.7 cm³/mol. The Morgan fingerprint density at radius 3 is 2.53 bits per heavy atom. The van der Waals surface area contributed by atoms with Gasteiger partial charge in [0.05, 0.1) is 6.61 Å². The lowest BCUT2D eigenvalue weighted by atomic mass is 9.99. The van der Waals surface area contributed by atoms with Crippen molar-refractivity contribution in [1.29, 1.82) is 0 Å². The molecule has 3 nitrogen and oxygen atoms in total. The van der Waals surface area contributed by atoms with E-state index in [1.807, 2.05) is 6.92 Å². The molecule has 0 aliphatic carbocycles. The number of hydrogen-bond acceptors (Lipinski definition) is 3. The fourth-order valence-corrected chi connectivity index (χ4v) is 1.53. The van der Waals surface area contributed by atoms with Gasteiger partial charge in [0.25, 0.3) is 6.17 Å². The van der Waals surface area contributed by atoms with Gasteiger partial charge < -0.3 is 4.74 Å². The van der Waals surface area contributed by atoms with Crippen molar-refractivity contribution < 1.29 is 18.7 Å². The Bertz CT molecular complexity index is 415. The van der Waals surface area contributed by atoms with Gasteiger partial charge in [-0.3, -0.25) is 4.79 Å². The van der Waals surface area contributed by atoms with Crippen LogP contribution in [-0.4, -0.2) is 24.5 Å². The molecule has 0 radical (unpaired) electrons. The highest BCUT2D eigenvalue weighted by atomic mass is 19.1. The predicted octanol–water partition coefficient (Wildman–Crippen LogP) is 2.33. The first kappa shape index (κ1) is 13.4. The van der Waals surface area contributed by atoms with Crippen LogP contribution in [-0.2, 0) is 16.0 Å². The second-order valence-corrected chi connectivity index (χ2v) is 3.49. The Kier molecular flexibility index (Phi) is 4.82. The van der Waals surface area contributed by atoms with Gasteiger partial charge in [-0.05, 0) is 18.9 Å². The Labute approximate surface area is 99.6 Å². The maximum Gasteiger partial charge on any atom is 0.348 e. The molecule has 0 fully saturated rings. The third kappa shape index (κ3) is 3.12. The SMILES string of the molecule is CCOC(=O)C(F)C(=O)c1ccccc1CC. The number of carbonyl (C=O) groups is 2. The van der Waals surface area contributed by atoms with Crippen molar-refractivity contribution in [2.75, 3.05) is 6.61 Å². The Morgan fingerprint density at radius 1 is 1.29 bits per heavy atom. The smallest absolute Gasteiger partial charge is 0.348 e. The average molecular weight is 238 g/mol. The summed E-state index contributed by atoms with van der Waals surface area (Å²) < 4.78 is 18.0. The number of hydrogen-bond donors (Lipinski definition) is 0. The summed E-state index contributed by atoms with van der Waals surface area (Å²) in [6, 6.07) is 6.68. The first-order valence-corrected chi connectivity index (χ1v) is 5.54. The monoisotopic (exact) mass is 238 g/mol. The normalized spacial score (nSPS) is 11.9. The molecule has 1 aromatic rings. The number of halogens is 1. The van der Waals surface area contributed by atoms with Gasteiger partial charge in [-0.2, -0.15) is 0 Å². The average Bonchev–Trinajstić information content (AvgIpc) is 2.37. The topological polar surface area (TPSA) is 43.4 Å². The molecule has 1 aromatic carbocycles. The maximum absolute atomic E-state index is 13.6. The van der Waals surface area contributed by atoms with Crippen molar-refractivity contribution >= 4 is 11.8 Å². The maximum atomic E-state index is 13.6. The third-order valence-electron chi connectivity index (χ3n) is 2.39. The number of alkyl halides is 1. The lowest BCUT2D eigenvalue weighted by molar-refractivity contribution is -0.147. The second-order valence-electron chi connectivity index (χ2n) is 3.49. The van der Waals surface area contributed by atoms with Crippen molar-refractivity contribution in [3.05, 3.63) is 35.4 Å². The van der Waals surface area contributed by atoms with Crippen LogP contribution in [0.5, 0.6) is 0 Å². The second kappa shape index (κ2) is 6.13. The quantitative estimate of drug-likeness (QED) is 0.449. The van der Waals surface area contributed by atoms with Crippen molar-refractivity contribution in [2.24, 2.45) is 0 Å². The van der Waals surface area contributed by atoms with E-state index in [1.54, 1.807) is 25.1 Å². The zero-order chi connectivity index (χ0) is 12.8. The lowest BCUT2D eigenvalue weighted by Crippen LogP contribution is -2.28. The molecule has 92 valence electrons. The number of rotatable bonds is 5. The highest BCUT2D eigenvalue weighted by Gasteiger charge is 2.29. The van der Waals surface area contributed by atoms with E-state index in [0.29, 0.717) is 6.42 Å². The highest BCUT2D eigenvalue weighted by molar-refractivity contribution is 6.11. The minimum absolute atomic E-state index is 0.0575. The molecule has 0 spiro atoms. The number of Topliss-reactive ketones (excluding diaryl/α,β-unsaturated/α-hetero) is 1. The molecular formula is C13H15FO3. The molecule has 1 atom stereocenters. The molecule has 0 saturated carbocycles. The fourth-order valence-electron chi connectivity index (χ4n) is 1.53. The van der Waals surface area contributed by atoms with E-state index in [0.717, 1.165) is 5.56 Å². The third-order valence-corrected chi connectivity index (χ3v) is 2.39. The molecule has 1 unspecified atom stereocenters. The van der Waals surface area contributed by atoms with Crippen LogP contribution in [0, 0.1) is 0 Å². The number of benzene rings is 1. The van der Waals surface area contributed by atoms with Crippen molar-refractivity contribution in [3.63, 3.8) is 0 Å². The van der Waals surface area contributed by atoms with E-state index in [2.05, 4.69) is 4.74 Å². The summed E-state index contributed by atoms with van der Waals surface area (Å²) in [4.78, 5) is 22.9. The summed E-state index contributed by atoms with van der Waals surface area (Å²) in [5.41, 5.74) is 0.972. The Balaban J connectivity index is 2.92. The molecule has 0 bridgehead atoms. The summed E-state index contributed by atoms with van der Waals surface area (Å²) in [6.07, 6.45) is -1.63. The molecule has 0 aromatic heterocycles. The largest absolute Gasteiger partial charge is 0.463 e. The first-order chi connectivity index (χ1) is 8.11. The zero-order valence-electron chi connectivity index (χ0n) is 9.90. The van der Waals surface area contributed by atoms with Crippen molar-refractivity contribution in [3.8, 4) is 0 Å². The molecule has 0 aliphatic heterocycles. The summed E-state index contributed by atoms with van der Waals surface area (Å²) in [6.45, 7) is 3.49. The number of aryl methyl sites for hydroxylation is 1. The van der Waals surface area contributed by atoms with Crippen LogP contribution in [0.2, 0.25) is 0 Å². The van der Waals surface area contributed by atoms with Crippen molar-refractivity contribution in [1.82, 2.24) is 0 Å². The van der Waals surface area contributed by atoms with Crippen molar-refractivity contribution in [2.45, 2.75) is 26.4 Å². The van der Waals surface area contributed by atoms with E-state index in [-0.39, 0.29) is 12.2 Å². The number of esters is 1. The van der Waals surface area contributed by atoms with Gasteiger partial charge >= 0.3 is 5.97 Å². The molecule has 0 aliphatic rings. The van der Waals surface area contributed by atoms with E-state index in [1.165, 1.54) is 6.07 Å². The molecule has 0 heterocycles. The zero-order valence-corrected chi connectivity index (χ0v) is 9.90. The van der Waals surface area contributed by atoms with Gasteiger partial charge in [0.15, 0.2) is 0 Å². The Morgan fingerprint density at radius 2 is 1.94 bits per heavy atom. The summed E-state index contributed by atoms with van der Waals surface area (Å²) in [5.74, 6) is -1.95. The van der Waals surface area contributed by atoms with E-state index in [9.17, 15) is 14.0 Å². The van der Waals surface area contributed by atoms with E-state index in [4.69, 9.17) is 0 Å². The molecule has 0 N–H and O–H groups in total. The standard InChI is InChI=1S/C13H15FO3/c1-3-9-7-5-6-8-10(9)12(15)11(14)13(16)17-4-2/h5-8,11H,3-4H2,1-2H3. The molecule has 4 heteroatoms. The molecule has 17 heavy (non-hydrogen) atoms. The molecule has 1 rings (SSSR count). The molecule has 0 amide bonds. The van der Waals surface area contributed by atoms with Crippen LogP contribution in [0.15, 0.2) is 24.3 Å². The molecule has 0 saturated heterocycles. The van der Waals surface area contributed by atoms with Gasteiger partial charge in [0.2, 0.25) is 5.78 Å². The number of ketones is 1.